The lowest BCUT2D eigenvalue weighted by Crippen LogP contribution is -2.61. The quantitative estimate of drug-likeness (QED) is 0.128. The molecule has 10 unspecified atom stereocenters. The van der Waals surface area contributed by atoms with Gasteiger partial charge in [0, 0.05) is 53.5 Å². The summed E-state index contributed by atoms with van der Waals surface area (Å²) in [5.41, 5.74) is -4.35. The van der Waals surface area contributed by atoms with Gasteiger partial charge in [0.2, 0.25) is 0 Å². The van der Waals surface area contributed by atoms with Crippen LogP contribution in [-0.4, -0.2) is 187 Å². The monoisotopic (exact) mass is 1020 g/mol. The molecule has 21 heteroatoms. The number of carboxylic acid groups (broad SMARTS) is 2. The Morgan fingerprint density at radius 3 is 2.10 bits per heavy atom. The Bertz CT molecular complexity index is 1920. The molecule has 4 rings (SSSR count). The second kappa shape index (κ2) is 25.5. The first-order valence-corrected chi connectivity index (χ1v) is 24.7. The number of aromatic hydroxyl groups is 1. The van der Waals surface area contributed by atoms with Crippen LogP contribution in [0.15, 0.2) is 30.8 Å². The van der Waals surface area contributed by atoms with Gasteiger partial charge < -0.3 is 79.5 Å². The number of para-hydroxylation sites is 1. The molecule has 400 valence electrons. The number of carbonyl (C=O) groups is 4. The SMILES string of the molecule is C=C(SCC(NC(=O)O)C(=O)O)c1ccccc1O.CC[C@H]1OC(=O)[C@H](C)[C@@H](OC2CC(C)(OC)C(O)C(C)O2)C(C)[C@@H](OC2OC(C)CC(N(C)C)C2O)[C@](C)(O)C[C@@H](C)C(=O)[C@H](C)[C@@H](O)[C@]1(C)O. The third-order valence-electron chi connectivity index (χ3n) is 14.0. The van der Waals surface area contributed by atoms with Gasteiger partial charge in [0.1, 0.15) is 41.5 Å². The first-order chi connectivity index (χ1) is 32.3. The van der Waals surface area contributed by atoms with Crippen LogP contribution in [-0.2, 0) is 42.8 Å². The van der Waals surface area contributed by atoms with Crippen LogP contribution >= 0.6 is 11.8 Å². The summed E-state index contributed by atoms with van der Waals surface area (Å²) in [5.74, 6) is -6.22. The number of ether oxygens (including phenoxy) is 6. The molecular formula is C49H80N2O18S. The van der Waals surface area contributed by atoms with E-state index in [1.807, 2.05) is 31.2 Å². The summed E-state index contributed by atoms with van der Waals surface area (Å²) in [4.78, 5) is 51.5. The summed E-state index contributed by atoms with van der Waals surface area (Å²) in [6.07, 6.45) is -11.1. The number of likely N-dealkylation sites (N-methyl/N-ethyl adjacent to an activating group) is 1. The van der Waals surface area contributed by atoms with Crippen LogP contribution < -0.4 is 5.32 Å². The molecule has 19 atom stereocenters. The topological polar surface area (TPSA) is 301 Å². The van der Waals surface area contributed by atoms with E-state index in [1.165, 1.54) is 33.9 Å². The molecule has 9 N–H and O–H groups in total. The number of rotatable bonds is 13. The van der Waals surface area contributed by atoms with Crippen LogP contribution in [0, 0.1) is 23.7 Å². The van der Waals surface area contributed by atoms with Crippen LogP contribution in [0.1, 0.15) is 100 Å². The Morgan fingerprint density at radius 1 is 0.943 bits per heavy atom. The van der Waals surface area contributed by atoms with E-state index in [2.05, 4.69) is 6.58 Å². The van der Waals surface area contributed by atoms with Gasteiger partial charge in [-0.2, -0.15) is 0 Å². The molecule has 3 saturated heterocycles. The van der Waals surface area contributed by atoms with E-state index in [-0.39, 0.29) is 42.9 Å². The number of phenolic OH excluding ortho intramolecular Hbond substituents is 1. The van der Waals surface area contributed by atoms with E-state index in [0.717, 1.165) is 11.8 Å². The first-order valence-electron chi connectivity index (χ1n) is 23.7. The minimum absolute atomic E-state index is 0.0190. The number of phenols is 1. The average Bonchev–Trinajstić information content (AvgIpc) is 3.28. The van der Waals surface area contributed by atoms with Crippen molar-refractivity contribution in [1.82, 2.24) is 10.2 Å². The Hall–Kier alpha value is -3.45. The number of thioether (sulfide) groups is 1. The number of Topliss-reactive ketones (excluding diaryl/α,β-unsaturated/α-hetero) is 1. The summed E-state index contributed by atoms with van der Waals surface area (Å²) >= 11 is 1.06. The largest absolute Gasteiger partial charge is 0.507 e. The zero-order valence-electron chi connectivity index (χ0n) is 42.8. The summed E-state index contributed by atoms with van der Waals surface area (Å²) in [7, 11) is 5.18. The van der Waals surface area contributed by atoms with Gasteiger partial charge in [-0.1, -0.05) is 52.5 Å². The lowest BCUT2D eigenvalue weighted by molar-refractivity contribution is -0.318. The molecule has 0 radical (unpaired) electrons. The molecule has 3 aliphatic rings. The summed E-state index contributed by atoms with van der Waals surface area (Å²) < 4.78 is 37.1. The maximum absolute atomic E-state index is 14.1. The Morgan fingerprint density at radius 2 is 1.56 bits per heavy atom. The predicted molar refractivity (Wildman–Crippen MR) is 258 cm³/mol. The van der Waals surface area contributed by atoms with Gasteiger partial charge in [-0.25, -0.2) is 9.59 Å². The Kier molecular flexibility index (Phi) is 22.1. The number of methoxy groups -OCH3 is 1. The normalized spacial score (nSPS) is 39.4. The summed E-state index contributed by atoms with van der Waals surface area (Å²) in [6, 6.07) is 4.95. The fourth-order valence-corrected chi connectivity index (χ4v) is 10.6. The number of benzene rings is 1. The van der Waals surface area contributed by atoms with Crippen molar-refractivity contribution in [2.24, 2.45) is 23.7 Å². The van der Waals surface area contributed by atoms with Crippen molar-refractivity contribution in [2.45, 2.75) is 185 Å². The number of aliphatic hydroxyl groups excluding tert-OH is 3. The first kappa shape index (κ1) is 60.9. The molecule has 0 aromatic heterocycles. The van der Waals surface area contributed by atoms with Gasteiger partial charge in [-0.3, -0.25) is 9.59 Å². The number of cyclic esters (lactones) is 1. The van der Waals surface area contributed by atoms with Crippen LogP contribution in [0.5, 0.6) is 5.75 Å². The highest BCUT2D eigenvalue weighted by molar-refractivity contribution is 8.08. The summed E-state index contributed by atoms with van der Waals surface area (Å²) in [5, 5.41) is 86.5. The lowest BCUT2D eigenvalue weighted by atomic mass is 9.74. The highest BCUT2D eigenvalue weighted by atomic mass is 32.2. The van der Waals surface area contributed by atoms with Gasteiger partial charge in [-0.05, 0) is 81.0 Å². The van der Waals surface area contributed by atoms with Gasteiger partial charge in [-0.15, -0.1) is 11.8 Å². The van der Waals surface area contributed by atoms with Crippen LogP contribution in [0.4, 0.5) is 4.79 Å². The van der Waals surface area contributed by atoms with Crippen LogP contribution in [0.3, 0.4) is 0 Å². The molecule has 0 aliphatic carbocycles. The Balaban J connectivity index is 0.000000569. The number of nitrogens with one attached hydrogen (secondary N) is 1. The third-order valence-corrected chi connectivity index (χ3v) is 15.1. The van der Waals surface area contributed by atoms with Crippen molar-refractivity contribution in [3.8, 4) is 5.75 Å². The third kappa shape index (κ3) is 15.1. The molecule has 3 aliphatic heterocycles. The molecule has 1 amide bonds. The number of esters is 1. The van der Waals surface area contributed by atoms with Crippen LogP contribution in [0.2, 0.25) is 0 Å². The van der Waals surface area contributed by atoms with Gasteiger partial charge in [0.25, 0.3) is 0 Å². The van der Waals surface area contributed by atoms with Crippen molar-refractivity contribution in [3.05, 3.63) is 36.4 Å². The highest BCUT2D eigenvalue weighted by Crippen LogP contribution is 2.41. The van der Waals surface area contributed by atoms with Gasteiger partial charge >= 0.3 is 18.0 Å². The van der Waals surface area contributed by atoms with E-state index < -0.39 is 126 Å². The van der Waals surface area contributed by atoms with E-state index in [4.69, 9.17) is 38.6 Å². The molecule has 20 nitrogen and oxygen atoms in total. The van der Waals surface area contributed by atoms with Crippen molar-refractivity contribution >= 4 is 40.5 Å². The van der Waals surface area contributed by atoms with Crippen molar-refractivity contribution in [3.63, 3.8) is 0 Å². The van der Waals surface area contributed by atoms with Gasteiger partial charge in [0.05, 0.1) is 47.6 Å². The molecule has 3 heterocycles. The number of hydrogen-bond acceptors (Lipinski definition) is 18. The van der Waals surface area contributed by atoms with Crippen molar-refractivity contribution in [2.75, 3.05) is 27.0 Å². The zero-order chi connectivity index (χ0) is 53.4. The van der Waals surface area contributed by atoms with Crippen LogP contribution in [0.25, 0.3) is 4.91 Å². The number of amides is 1. The van der Waals surface area contributed by atoms with E-state index in [9.17, 15) is 49.8 Å². The molecule has 70 heavy (non-hydrogen) atoms. The minimum atomic E-state index is -1.99. The van der Waals surface area contributed by atoms with Crippen molar-refractivity contribution in [1.29, 1.82) is 0 Å². The number of aliphatic hydroxyl groups is 5. The summed E-state index contributed by atoms with van der Waals surface area (Å²) in [6.45, 7) is 20.1. The molecule has 0 spiro atoms. The number of ketones is 1. The predicted octanol–water partition coefficient (Wildman–Crippen LogP) is 3.60. The van der Waals surface area contributed by atoms with Gasteiger partial charge in [0.15, 0.2) is 12.6 Å². The molecule has 3 fully saturated rings. The fourth-order valence-electron chi connectivity index (χ4n) is 9.71. The number of nitrogens with zero attached hydrogens (tertiary/aromatic N) is 1. The average molecular weight is 1020 g/mol. The molecule has 1 aromatic carbocycles. The standard InChI is InChI=1S/C37H67NO13.C12H13NO5S/c1-14-25-37(10,45)30(41)20(4)27(39)18(2)16-35(8,44)32(51-34-28(40)24(38(11)12)15-19(3)47-34)21(5)29(22(6)33(43)49-25)50-26-17-36(9,46-13)31(42)23(7)48-26;1-7(8-4-2-3-5-10(8)14)19-6-9(11(15)16)13-12(17)18/h18-26,28-32,34,40-42,44-45H,14-17H2,1-13H3;2-5,9,13-14H,1,6H2,(H,15,16)(H,17,18)/t18-,19?,20+,21?,22-,23?,24?,25-,26?,28?,29+,30-,31?,32-,34?,35-,36?,37-;/m1./s1. The lowest BCUT2D eigenvalue weighted by Gasteiger charge is -2.49. The second-order valence-corrected chi connectivity index (χ2v) is 21.2. The fraction of sp³-hybridized carbons (Fsp3) is 0.755. The van der Waals surface area contributed by atoms with E-state index in [0.29, 0.717) is 16.9 Å². The smallest absolute Gasteiger partial charge is 0.405 e. The number of aliphatic carboxylic acids is 1. The number of carboxylic acids is 1. The number of hydrogen-bond donors (Lipinski definition) is 9. The molecule has 0 saturated carbocycles. The number of carbonyl (C=O) groups excluding carboxylic acids is 2. The van der Waals surface area contributed by atoms with Crippen molar-refractivity contribution < 1.29 is 88.5 Å². The molecular weight excluding hydrogens is 937 g/mol. The zero-order valence-corrected chi connectivity index (χ0v) is 43.6. The molecule has 1 aromatic rings. The van der Waals surface area contributed by atoms with E-state index >= 15 is 0 Å². The Labute approximate surface area is 416 Å². The minimum Gasteiger partial charge on any atom is -0.507 e. The van der Waals surface area contributed by atoms with E-state index in [1.54, 1.807) is 59.7 Å². The highest BCUT2D eigenvalue weighted by Gasteiger charge is 2.53. The molecule has 0 bridgehead atoms. The maximum Gasteiger partial charge on any atom is 0.405 e. The second-order valence-electron chi connectivity index (χ2n) is 20.1. The maximum atomic E-state index is 14.1.